The third-order valence-electron chi connectivity index (χ3n) is 3.82. The van der Waals surface area contributed by atoms with E-state index in [1.165, 1.54) is 0 Å². The van der Waals surface area contributed by atoms with Crippen LogP contribution >= 0.6 is 11.8 Å². The molecule has 0 bridgehead atoms. The highest BCUT2D eigenvalue weighted by molar-refractivity contribution is 7.99. The average molecular weight is 272 g/mol. The quantitative estimate of drug-likeness (QED) is 0.766. The molecule has 1 unspecified atom stereocenters. The number of hydrogen-bond acceptors (Lipinski definition) is 4. The maximum absolute atomic E-state index is 12.4. The number of thioether (sulfide) groups is 1. The van der Waals surface area contributed by atoms with Crippen LogP contribution in [-0.4, -0.2) is 52.0 Å². The normalized spacial score (nSPS) is 33.2. The van der Waals surface area contributed by atoms with Gasteiger partial charge in [0.05, 0.1) is 0 Å². The van der Waals surface area contributed by atoms with E-state index in [4.69, 9.17) is 5.73 Å². The van der Waals surface area contributed by atoms with E-state index in [0.29, 0.717) is 12.3 Å². The summed E-state index contributed by atoms with van der Waals surface area (Å²) < 4.78 is 0. The van der Waals surface area contributed by atoms with Crippen molar-refractivity contribution in [3.63, 3.8) is 0 Å². The van der Waals surface area contributed by atoms with Gasteiger partial charge >= 0.3 is 5.97 Å². The Labute approximate surface area is 111 Å². The molecule has 0 aromatic carbocycles. The zero-order valence-corrected chi connectivity index (χ0v) is 11.2. The Morgan fingerprint density at radius 2 is 1.89 bits per heavy atom. The van der Waals surface area contributed by atoms with Gasteiger partial charge in [0.1, 0.15) is 6.04 Å². The summed E-state index contributed by atoms with van der Waals surface area (Å²) in [5.74, 6) is 0.460. The predicted molar refractivity (Wildman–Crippen MR) is 70.4 cm³/mol. The van der Waals surface area contributed by atoms with Crippen molar-refractivity contribution in [1.29, 1.82) is 0 Å². The number of aliphatic carboxylic acids is 1. The van der Waals surface area contributed by atoms with E-state index < -0.39 is 12.0 Å². The van der Waals surface area contributed by atoms with E-state index in [0.717, 1.165) is 31.4 Å². The maximum Gasteiger partial charge on any atom is 0.327 e. The van der Waals surface area contributed by atoms with Gasteiger partial charge in [-0.25, -0.2) is 4.79 Å². The lowest BCUT2D eigenvalue weighted by molar-refractivity contribution is -0.151. The molecule has 0 radical (unpaired) electrons. The largest absolute Gasteiger partial charge is 0.480 e. The molecule has 5 nitrogen and oxygen atoms in total. The first-order valence-electron chi connectivity index (χ1n) is 6.46. The van der Waals surface area contributed by atoms with Crippen LogP contribution in [0.3, 0.4) is 0 Å². The molecule has 6 heteroatoms. The fourth-order valence-corrected chi connectivity index (χ4v) is 3.71. The number of nitrogens with two attached hydrogens (primary N) is 1. The molecule has 1 saturated carbocycles. The average Bonchev–Trinajstić information content (AvgIpc) is 2.39. The molecule has 0 aromatic heterocycles. The Morgan fingerprint density at radius 3 is 2.50 bits per heavy atom. The van der Waals surface area contributed by atoms with Crippen molar-refractivity contribution in [3.8, 4) is 0 Å². The van der Waals surface area contributed by atoms with E-state index >= 15 is 0 Å². The van der Waals surface area contributed by atoms with Gasteiger partial charge in [0.2, 0.25) is 5.91 Å². The van der Waals surface area contributed by atoms with Crippen molar-refractivity contribution in [2.24, 2.45) is 11.7 Å². The molecule has 3 N–H and O–H groups in total. The van der Waals surface area contributed by atoms with E-state index in [2.05, 4.69) is 0 Å². The Hall–Kier alpha value is -0.750. The minimum atomic E-state index is -0.886. The lowest BCUT2D eigenvalue weighted by Gasteiger charge is -2.36. The van der Waals surface area contributed by atoms with Crippen LogP contribution in [0.25, 0.3) is 0 Å². The number of carboxylic acids is 1. The molecule has 18 heavy (non-hydrogen) atoms. The van der Waals surface area contributed by atoms with Crippen LogP contribution in [0.1, 0.15) is 25.7 Å². The summed E-state index contributed by atoms with van der Waals surface area (Å²) in [7, 11) is 0. The first-order valence-corrected chi connectivity index (χ1v) is 7.61. The molecule has 1 saturated heterocycles. The molecule has 1 aliphatic carbocycles. The van der Waals surface area contributed by atoms with Crippen molar-refractivity contribution in [3.05, 3.63) is 0 Å². The van der Waals surface area contributed by atoms with Gasteiger partial charge in [0, 0.05) is 30.0 Å². The van der Waals surface area contributed by atoms with E-state index in [9.17, 15) is 14.7 Å². The number of hydrogen-bond donors (Lipinski definition) is 2. The van der Waals surface area contributed by atoms with Crippen molar-refractivity contribution in [2.75, 3.05) is 18.1 Å². The summed E-state index contributed by atoms with van der Waals surface area (Å²) in [4.78, 5) is 25.1. The smallest absolute Gasteiger partial charge is 0.327 e. The third-order valence-corrected chi connectivity index (χ3v) is 4.84. The van der Waals surface area contributed by atoms with E-state index in [1.54, 1.807) is 16.7 Å². The van der Waals surface area contributed by atoms with E-state index in [1.807, 2.05) is 0 Å². The molecule has 2 rings (SSSR count). The molecule has 0 aromatic rings. The van der Waals surface area contributed by atoms with Gasteiger partial charge in [-0.3, -0.25) is 4.79 Å². The molecule has 102 valence electrons. The maximum atomic E-state index is 12.4. The van der Waals surface area contributed by atoms with Crippen LogP contribution in [0, 0.1) is 5.92 Å². The third kappa shape index (κ3) is 2.98. The van der Waals surface area contributed by atoms with Crippen LogP contribution in [0.2, 0.25) is 0 Å². The first-order chi connectivity index (χ1) is 8.59. The van der Waals surface area contributed by atoms with Gasteiger partial charge in [-0.1, -0.05) is 0 Å². The fourth-order valence-electron chi connectivity index (χ4n) is 2.67. The zero-order chi connectivity index (χ0) is 13.1. The second-order valence-corrected chi connectivity index (χ2v) is 6.22. The lowest BCUT2D eigenvalue weighted by atomic mass is 9.85. The standard InChI is InChI=1S/C12H20N2O3S/c13-9-3-1-8(2-4-9)11(15)14-5-6-18-7-10(14)12(16)17/h8-10H,1-7,13H2,(H,16,17). The van der Waals surface area contributed by atoms with E-state index in [-0.39, 0.29) is 17.9 Å². The molecule has 1 aliphatic heterocycles. The topological polar surface area (TPSA) is 83.6 Å². The summed E-state index contributed by atoms with van der Waals surface area (Å²) in [6.07, 6.45) is 3.35. The number of carbonyl (C=O) groups is 2. The molecular weight excluding hydrogens is 252 g/mol. The highest BCUT2D eigenvalue weighted by Gasteiger charge is 2.36. The van der Waals surface area contributed by atoms with Gasteiger partial charge in [0.25, 0.3) is 0 Å². The minimum absolute atomic E-state index is 0.0188. The molecular formula is C12H20N2O3S. The monoisotopic (exact) mass is 272 g/mol. The Morgan fingerprint density at radius 1 is 1.22 bits per heavy atom. The Balaban J connectivity index is 2.00. The summed E-state index contributed by atoms with van der Waals surface area (Å²) in [6, 6.07) is -0.437. The summed E-state index contributed by atoms with van der Waals surface area (Å²) in [5.41, 5.74) is 5.83. The molecule has 1 heterocycles. The van der Waals surface area contributed by atoms with Gasteiger partial charge in [-0.15, -0.1) is 0 Å². The highest BCUT2D eigenvalue weighted by Crippen LogP contribution is 2.27. The fraction of sp³-hybridized carbons (Fsp3) is 0.833. The molecule has 2 fully saturated rings. The van der Waals surface area contributed by atoms with Crippen molar-refractivity contribution in [2.45, 2.75) is 37.8 Å². The second-order valence-electron chi connectivity index (χ2n) is 5.07. The van der Waals surface area contributed by atoms with Gasteiger partial charge in [-0.05, 0) is 25.7 Å². The second kappa shape index (κ2) is 5.93. The SMILES string of the molecule is NC1CCC(C(=O)N2CCSCC2C(=O)O)CC1. The van der Waals surface area contributed by atoms with Crippen LogP contribution in [0.5, 0.6) is 0 Å². The minimum Gasteiger partial charge on any atom is -0.480 e. The first kappa shape index (κ1) is 13.7. The molecule has 1 amide bonds. The highest BCUT2D eigenvalue weighted by atomic mass is 32.2. The Kier molecular flexibility index (Phi) is 4.50. The number of carbonyl (C=O) groups excluding carboxylic acids is 1. The van der Waals surface area contributed by atoms with Crippen LogP contribution in [0.4, 0.5) is 0 Å². The number of carboxylic acid groups (broad SMARTS) is 1. The van der Waals surface area contributed by atoms with Gasteiger partial charge in [-0.2, -0.15) is 11.8 Å². The molecule has 1 atom stereocenters. The summed E-state index contributed by atoms with van der Waals surface area (Å²) in [6.45, 7) is 0.559. The van der Waals surface area contributed by atoms with Gasteiger partial charge < -0.3 is 15.7 Å². The summed E-state index contributed by atoms with van der Waals surface area (Å²) >= 11 is 1.60. The molecule has 2 aliphatic rings. The van der Waals surface area contributed by atoms with Crippen LogP contribution < -0.4 is 5.73 Å². The van der Waals surface area contributed by atoms with Crippen molar-refractivity contribution >= 4 is 23.6 Å². The zero-order valence-electron chi connectivity index (χ0n) is 10.4. The number of nitrogens with zero attached hydrogens (tertiary/aromatic N) is 1. The number of amides is 1. The van der Waals surface area contributed by atoms with Crippen molar-refractivity contribution in [1.82, 2.24) is 4.90 Å². The number of rotatable bonds is 2. The Bertz CT molecular complexity index is 329. The van der Waals surface area contributed by atoms with Gasteiger partial charge in [0.15, 0.2) is 0 Å². The van der Waals surface area contributed by atoms with Crippen molar-refractivity contribution < 1.29 is 14.7 Å². The van der Waals surface area contributed by atoms with Crippen LogP contribution in [0.15, 0.2) is 0 Å². The van der Waals surface area contributed by atoms with Crippen LogP contribution in [-0.2, 0) is 9.59 Å². The lowest BCUT2D eigenvalue weighted by Crippen LogP contribution is -2.52. The predicted octanol–water partition coefficient (Wildman–Crippen LogP) is 0.532. The summed E-state index contributed by atoms with van der Waals surface area (Å²) in [5, 5.41) is 9.17. The molecule has 0 spiro atoms.